The predicted molar refractivity (Wildman–Crippen MR) is 88.2 cm³/mol. The molecule has 0 fully saturated rings. The average molecular weight is 325 g/mol. The standard InChI is InChI=1S/C18H19N3O3/c1-13-15(10-19-20-13)18(23)21(11-14-6-3-2-4-7-14)12-16(22)17-8-5-9-24-17/h2-10,16,22H,11-12H2,1H3,(H,19,20)/t16-/m0/s1. The van der Waals surface area contributed by atoms with Crippen molar-refractivity contribution in [3.63, 3.8) is 0 Å². The highest BCUT2D eigenvalue weighted by Gasteiger charge is 2.23. The monoisotopic (exact) mass is 325 g/mol. The Labute approximate surface area is 139 Å². The van der Waals surface area contributed by atoms with Crippen LogP contribution in [-0.2, 0) is 6.54 Å². The van der Waals surface area contributed by atoms with E-state index in [0.29, 0.717) is 23.6 Å². The summed E-state index contributed by atoms with van der Waals surface area (Å²) in [6.45, 7) is 2.32. The molecule has 0 spiro atoms. The number of aryl methyl sites for hydroxylation is 1. The number of benzene rings is 1. The van der Waals surface area contributed by atoms with Gasteiger partial charge in [0.05, 0.1) is 24.6 Å². The first-order valence-electron chi connectivity index (χ1n) is 7.70. The number of nitrogens with zero attached hydrogens (tertiary/aromatic N) is 2. The second kappa shape index (κ2) is 7.14. The Hall–Kier alpha value is -2.86. The first kappa shape index (κ1) is 16.0. The predicted octanol–water partition coefficient (Wildman–Crippen LogP) is 2.69. The van der Waals surface area contributed by atoms with E-state index < -0.39 is 6.10 Å². The molecule has 2 heterocycles. The second-order valence-electron chi connectivity index (χ2n) is 5.61. The van der Waals surface area contributed by atoms with Crippen LogP contribution in [0.3, 0.4) is 0 Å². The van der Waals surface area contributed by atoms with Crippen molar-refractivity contribution in [1.82, 2.24) is 15.1 Å². The van der Waals surface area contributed by atoms with Crippen molar-refractivity contribution in [1.29, 1.82) is 0 Å². The van der Waals surface area contributed by atoms with Gasteiger partial charge >= 0.3 is 0 Å². The number of carbonyl (C=O) groups is 1. The number of aromatic amines is 1. The Morgan fingerprint density at radius 1 is 1.29 bits per heavy atom. The van der Waals surface area contributed by atoms with Crippen molar-refractivity contribution in [2.75, 3.05) is 6.54 Å². The summed E-state index contributed by atoms with van der Waals surface area (Å²) in [6.07, 6.45) is 2.12. The summed E-state index contributed by atoms with van der Waals surface area (Å²) in [6, 6.07) is 13.1. The van der Waals surface area contributed by atoms with Crippen LogP contribution in [0.25, 0.3) is 0 Å². The second-order valence-corrected chi connectivity index (χ2v) is 5.61. The molecule has 0 bridgehead atoms. The summed E-state index contributed by atoms with van der Waals surface area (Å²) < 4.78 is 5.23. The van der Waals surface area contributed by atoms with E-state index in [1.54, 1.807) is 24.0 Å². The van der Waals surface area contributed by atoms with Gasteiger partial charge in [0, 0.05) is 12.2 Å². The minimum absolute atomic E-state index is 0.131. The molecule has 0 saturated heterocycles. The highest BCUT2D eigenvalue weighted by molar-refractivity contribution is 5.95. The summed E-state index contributed by atoms with van der Waals surface area (Å²) in [5.41, 5.74) is 2.18. The SMILES string of the molecule is Cc1[nH]ncc1C(=O)N(Cc1ccccc1)C[C@H](O)c1ccco1. The molecule has 1 amide bonds. The van der Waals surface area contributed by atoms with Gasteiger partial charge < -0.3 is 14.4 Å². The summed E-state index contributed by atoms with van der Waals surface area (Å²) in [5.74, 6) is 0.250. The van der Waals surface area contributed by atoms with Crippen molar-refractivity contribution in [3.8, 4) is 0 Å². The highest BCUT2D eigenvalue weighted by atomic mass is 16.4. The molecular formula is C18H19N3O3. The molecule has 2 aromatic heterocycles. The van der Waals surface area contributed by atoms with E-state index in [-0.39, 0.29) is 12.5 Å². The zero-order valence-electron chi connectivity index (χ0n) is 13.3. The van der Waals surface area contributed by atoms with Gasteiger partial charge in [0.15, 0.2) is 0 Å². The number of aliphatic hydroxyl groups excluding tert-OH is 1. The lowest BCUT2D eigenvalue weighted by atomic mass is 10.1. The first-order chi connectivity index (χ1) is 11.6. The number of amides is 1. The maximum absolute atomic E-state index is 12.9. The molecule has 2 N–H and O–H groups in total. The number of hydrogen-bond donors (Lipinski definition) is 2. The van der Waals surface area contributed by atoms with Crippen LogP contribution in [0.5, 0.6) is 0 Å². The summed E-state index contributed by atoms with van der Waals surface area (Å²) in [7, 11) is 0. The molecule has 124 valence electrons. The normalized spacial score (nSPS) is 12.1. The Morgan fingerprint density at radius 3 is 2.71 bits per heavy atom. The first-order valence-corrected chi connectivity index (χ1v) is 7.70. The number of nitrogens with one attached hydrogen (secondary N) is 1. The molecule has 0 aliphatic rings. The number of hydrogen-bond acceptors (Lipinski definition) is 4. The highest BCUT2D eigenvalue weighted by Crippen LogP contribution is 2.19. The Bertz CT molecular complexity index is 781. The van der Waals surface area contributed by atoms with Crippen molar-refractivity contribution in [2.24, 2.45) is 0 Å². The molecule has 24 heavy (non-hydrogen) atoms. The van der Waals surface area contributed by atoms with Gasteiger partial charge in [0.2, 0.25) is 0 Å². The summed E-state index contributed by atoms with van der Waals surface area (Å²) in [4.78, 5) is 14.5. The molecule has 0 radical (unpaired) electrons. The molecule has 1 atom stereocenters. The smallest absolute Gasteiger partial charge is 0.257 e. The third kappa shape index (κ3) is 3.55. The van der Waals surface area contributed by atoms with Gasteiger partial charge in [-0.05, 0) is 24.6 Å². The van der Waals surface area contributed by atoms with E-state index in [2.05, 4.69) is 10.2 Å². The Balaban J connectivity index is 1.83. The van der Waals surface area contributed by atoms with Gasteiger partial charge in [-0.25, -0.2) is 0 Å². The number of H-pyrrole nitrogens is 1. The van der Waals surface area contributed by atoms with E-state index in [9.17, 15) is 9.90 Å². The lowest BCUT2D eigenvalue weighted by Crippen LogP contribution is -2.34. The summed E-state index contributed by atoms with van der Waals surface area (Å²) >= 11 is 0. The van der Waals surface area contributed by atoms with E-state index in [1.165, 1.54) is 12.5 Å². The maximum Gasteiger partial charge on any atom is 0.257 e. The van der Waals surface area contributed by atoms with Gasteiger partial charge in [-0.3, -0.25) is 9.89 Å². The van der Waals surface area contributed by atoms with Gasteiger partial charge in [0.25, 0.3) is 5.91 Å². The Morgan fingerprint density at radius 2 is 2.08 bits per heavy atom. The van der Waals surface area contributed by atoms with Crippen LogP contribution >= 0.6 is 0 Å². The minimum atomic E-state index is -0.889. The third-order valence-electron chi connectivity index (χ3n) is 3.83. The third-order valence-corrected chi connectivity index (χ3v) is 3.83. The fraction of sp³-hybridized carbons (Fsp3) is 0.222. The molecule has 1 aromatic carbocycles. The number of aromatic nitrogens is 2. The molecule has 6 nitrogen and oxygen atoms in total. The van der Waals surface area contributed by atoms with E-state index in [1.807, 2.05) is 30.3 Å². The maximum atomic E-state index is 12.9. The number of rotatable bonds is 6. The molecule has 3 aromatic rings. The number of aliphatic hydroxyl groups is 1. The van der Waals surface area contributed by atoms with Crippen LogP contribution < -0.4 is 0 Å². The van der Waals surface area contributed by atoms with Crippen molar-refractivity contribution in [3.05, 3.63) is 77.5 Å². The largest absolute Gasteiger partial charge is 0.467 e. The molecule has 6 heteroatoms. The average Bonchev–Trinajstić information content (AvgIpc) is 3.26. The van der Waals surface area contributed by atoms with E-state index in [0.717, 1.165) is 5.56 Å². The Kier molecular flexibility index (Phi) is 4.77. The molecule has 0 unspecified atom stereocenters. The minimum Gasteiger partial charge on any atom is -0.467 e. The van der Waals surface area contributed by atoms with Crippen LogP contribution in [0.1, 0.15) is 33.5 Å². The van der Waals surface area contributed by atoms with Crippen molar-refractivity contribution < 1.29 is 14.3 Å². The van der Waals surface area contributed by atoms with Gasteiger partial charge in [-0.1, -0.05) is 30.3 Å². The molecule has 3 rings (SSSR count). The van der Waals surface area contributed by atoms with Crippen LogP contribution in [-0.4, -0.2) is 32.7 Å². The van der Waals surface area contributed by atoms with Gasteiger partial charge in [-0.15, -0.1) is 0 Å². The van der Waals surface area contributed by atoms with Gasteiger partial charge in [0.1, 0.15) is 11.9 Å². The van der Waals surface area contributed by atoms with Crippen LogP contribution in [0.2, 0.25) is 0 Å². The van der Waals surface area contributed by atoms with Crippen molar-refractivity contribution in [2.45, 2.75) is 19.6 Å². The number of carbonyl (C=O) groups excluding carboxylic acids is 1. The quantitative estimate of drug-likeness (QED) is 0.730. The lowest BCUT2D eigenvalue weighted by Gasteiger charge is -2.24. The van der Waals surface area contributed by atoms with Crippen LogP contribution in [0.15, 0.2) is 59.3 Å². The van der Waals surface area contributed by atoms with Gasteiger partial charge in [-0.2, -0.15) is 5.10 Å². The molecular weight excluding hydrogens is 306 g/mol. The zero-order valence-corrected chi connectivity index (χ0v) is 13.3. The number of furan rings is 1. The molecule has 0 aliphatic heterocycles. The topological polar surface area (TPSA) is 82.4 Å². The molecule has 0 aliphatic carbocycles. The zero-order chi connectivity index (χ0) is 16.9. The lowest BCUT2D eigenvalue weighted by molar-refractivity contribution is 0.0562. The molecule has 0 saturated carbocycles. The van der Waals surface area contributed by atoms with Crippen LogP contribution in [0.4, 0.5) is 0 Å². The fourth-order valence-corrected chi connectivity index (χ4v) is 2.54. The summed E-state index contributed by atoms with van der Waals surface area (Å²) in [5, 5.41) is 17.0. The fourth-order valence-electron chi connectivity index (χ4n) is 2.54. The van der Waals surface area contributed by atoms with Crippen molar-refractivity contribution >= 4 is 5.91 Å². The van der Waals surface area contributed by atoms with E-state index >= 15 is 0 Å². The van der Waals surface area contributed by atoms with Crippen LogP contribution in [0, 0.1) is 6.92 Å². The van der Waals surface area contributed by atoms with E-state index in [4.69, 9.17) is 4.42 Å².